The van der Waals surface area contributed by atoms with Gasteiger partial charge in [0.2, 0.25) is 0 Å². The molecule has 0 aromatic heterocycles. The van der Waals surface area contributed by atoms with E-state index in [1.807, 2.05) is 0 Å². The lowest BCUT2D eigenvalue weighted by atomic mass is 9.70. The van der Waals surface area contributed by atoms with Crippen molar-refractivity contribution in [1.82, 2.24) is 49.0 Å². The molecule has 13 heteroatoms. The minimum absolute atomic E-state index is 0. The van der Waals surface area contributed by atoms with E-state index in [1.54, 1.807) is 0 Å². The molecule has 0 spiro atoms. The van der Waals surface area contributed by atoms with Gasteiger partial charge in [0.1, 0.15) is 0 Å². The largest absolute Gasteiger partial charge is 0.381 e. The monoisotopic (exact) mass is 1460 g/mol. The van der Waals surface area contributed by atoms with E-state index in [0.717, 1.165) is 99.6 Å². The number of likely N-dealkylation sites (N-methyl/N-ethyl adjacent to an activating group) is 2. The Morgan fingerprint density at radius 2 is 0.689 bits per heavy atom. The highest BCUT2D eigenvalue weighted by Crippen LogP contribution is 2.43. The molecule has 0 N–H and O–H groups in total. The van der Waals surface area contributed by atoms with Gasteiger partial charge in [-0.15, -0.1) is 0 Å². The minimum Gasteiger partial charge on any atom is -0.381 e. The number of hydrogen-bond acceptors (Lipinski definition) is 13. The van der Waals surface area contributed by atoms with Crippen LogP contribution in [0.25, 0.3) is 0 Å². The molecule has 0 amide bonds. The summed E-state index contributed by atoms with van der Waals surface area (Å²) in [6.07, 6.45) is 30.3. The Morgan fingerprint density at radius 1 is 0.350 bits per heavy atom. The Bertz CT molecular complexity index is 1910. The van der Waals surface area contributed by atoms with Gasteiger partial charge in [-0.2, -0.15) is 0 Å². The van der Waals surface area contributed by atoms with Crippen LogP contribution < -0.4 is 0 Å². The fraction of sp³-hybridized carbons (Fsp3) is 1.00. The molecule has 10 rings (SSSR count). The fourth-order valence-electron chi connectivity index (χ4n) is 14.1. The molecule has 0 bridgehead atoms. The second-order valence-corrected chi connectivity index (χ2v) is 39.1. The van der Waals surface area contributed by atoms with Crippen molar-refractivity contribution in [1.29, 1.82) is 0 Å². The predicted molar refractivity (Wildman–Crippen MR) is 458 cm³/mol. The van der Waals surface area contributed by atoms with Gasteiger partial charge in [-0.3, -0.25) is 14.7 Å². The van der Waals surface area contributed by atoms with Gasteiger partial charge in [-0.25, -0.2) is 0 Å². The lowest BCUT2D eigenvalue weighted by Crippen LogP contribution is -2.60. The average Bonchev–Trinajstić information content (AvgIpc) is 0.816. The van der Waals surface area contributed by atoms with Gasteiger partial charge in [0, 0.05) is 116 Å². The zero-order valence-corrected chi connectivity index (χ0v) is 76.0. The Kier molecular flexibility index (Phi) is 50.9. The van der Waals surface area contributed by atoms with E-state index >= 15 is 0 Å². The lowest BCUT2D eigenvalue weighted by Gasteiger charge is -2.48. The number of ether oxygens (including phenoxy) is 3. The van der Waals surface area contributed by atoms with Crippen molar-refractivity contribution in [3.63, 3.8) is 0 Å². The van der Waals surface area contributed by atoms with Gasteiger partial charge in [-0.1, -0.05) is 66.2 Å². The highest BCUT2D eigenvalue weighted by Gasteiger charge is 2.40. The molecule has 103 heavy (non-hydrogen) atoms. The third kappa shape index (κ3) is 38.5. The summed E-state index contributed by atoms with van der Waals surface area (Å²) in [7, 11) is 22.1. The van der Waals surface area contributed by atoms with Crippen LogP contribution in [0.4, 0.5) is 0 Å². The van der Waals surface area contributed by atoms with Crippen molar-refractivity contribution in [3.05, 3.63) is 0 Å². The second-order valence-electron chi connectivity index (χ2n) is 39.1. The van der Waals surface area contributed by atoms with Crippen molar-refractivity contribution in [2.24, 2.45) is 34.5 Å². The topological polar surface area (TPSA) is 60.1 Å². The van der Waals surface area contributed by atoms with Crippen molar-refractivity contribution in [2.75, 3.05) is 136 Å². The van der Waals surface area contributed by atoms with Crippen LogP contribution in [0.1, 0.15) is 322 Å². The number of hydrogen-bond donors (Lipinski definition) is 0. The molecule has 0 radical (unpaired) electrons. The van der Waals surface area contributed by atoms with Crippen molar-refractivity contribution in [3.8, 4) is 0 Å². The summed E-state index contributed by atoms with van der Waals surface area (Å²) in [5.74, 6) is 3.74. The summed E-state index contributed by atoms with van der Waals surface area (Å²) in [5.41, 5.74) is 2.03. The SMILES string of the molecule is C.CC(C)N(C)C(C)(C)C1CCC1.CC(C)N(C)C(C)C1CCC1.CC(C)N(C)C1(C)COC1.CC(C)N(C)C1CCC1.CC(C)N(C)C1CCC1.CC(C)N(C)C1COC1.CC(C)N(C)CC1(C)CCC1.CC(C)N(C)CC1(C)CCC1.CC(C)N(C)CC1CCC1.CC(C)N(C)CC1COC1. The van der Waals surface area contributed by atoms with Crippen LogP contribution in [-0.4, -0.2) is 281 Å². The highest BCUT2D eigenvalue weighted by atomic mass is 16.5. The molecule has 7 aliphatic carbocycles. The smallest absolute Gasteiger partial charge is 0.0671 e. The van der Waals surface area contributed by atoms with E-state index in [1.165, 1.54) is 161 Å². The number of nitrogens with zero attached hydrogens (tertiary/aromatic N) is 10. The van der Waals surface area contributed by atoms with Gasteiger partial charge >= 0.3 is 0 Å². The van der Waals surface area contributed by atoms with E-state index in [2.05, 4.69) is 299 Å². The Hall–Kier alpha value is -0.520. The van der Waals surface area contributed by atoms with E-state index < -0.39 is 0 Å². The van der Waals surface area contributed by atoms with Crippen LogP contribution in [-0.2, 0) is 14.2 Å². The van der Waals surface area contributed by atoms with Crippen LogP contribution in [0, 0.1) is 34.5 Å². The molecule has 620 valence electrons. The van der Waals surface area contributed by atoms with Crippen LogP contribution in [0.15, 0.2) is 0 Å². The van der Waals surface area contributed by atoms with Gasteiger partial charge < -0.3 is 48.5 Å². The second kappa shape index (κ2) is 51.2. The third-order valence-corrected chi connectivity index (χ3v) is 27.4. The molecule has 10 fully saturated rings. The van der Waals surface area contributed by atoms with Crippen LogP contribution in [0.3, 0.4) is 0 Å². The fourth-order valence-corrected chi connectivity index (χ4v) is 14.1. The molecule has 3 heterocycles. The van der Waals surface area contributed by atoms with Crippen LogP contribution >= 0.6 is 0 Å². The molecule has 3 aliphatic heterocycles. The maximum Gasteiger partial charge on any atom is 0.0671 e. The van der Waals surface area contributed by atoms with Gasteiger partial charge in [0.05, 0.1) is 51.2 Å². The zero-order chi connectivity index (χ0) is 78.2. The lowest BCUT2D eigenvalue weighted by molar-refractivity contribution is -0.130. The molecule has 0 aromatic carbocycles. The van der Waals surface area contributed by atoms with E-state index in [9.17, 15) is 0 Å². The van der Waals surface area contributed by atoms with Gasteiger partial charge in [0.15, 0.2) is 0 Å². The standard InChI is InChI=1S/C11H23N.3C10H21N.C9H19N.2C8H17NO.2C8H17N.C7H15NO.CH4/c1-9(2)12(5)11(3,4)10-7-6-8-10;2*1-9(2)11(4)8-10(3)6-5-7-10;1-8(2)11(4)9(3)10-6-5-7-10;1-8(2)10(3)7-9-5-4-6-9;1-7(2)9(3)4-8-5-10-6-8;1-7(2)9(4)8(3)5-10-6-8;2*1-7(2)9(3)8-5-4-6-8;1-6(2)8(3)7-4-9-5-7;/h9-10H,6-8H2,1-5H3;2*9H,5-8H2,1-4H3;8-10H,5-7H2,1-4H3;8-9H,4-7H2,1-3H3;7-8H,4-6H2,1-3H3;7H,5-6H2,1-4H3;2*7-8H,4-6H2,1-3H3;6-7H,4-5H2,1-3H3;1H4. The molecule has 1 unspecified atom stereocenters. The molecule has 0 aromatic rings. The summed E-state index contributed by atoms with van der Waals surface area (Å²) in [6, 6.07) is 10.2. The summed E-state index contributed by atoms with van der Waals surface area (Å²) in [5, 5.41) is 0. The van der Waals surface area contributed by atoms with E-state index in [-0.39, 0.29) is 7.43 Å². The van der Waals surface area contributed by atoms with Gasteiger partial charge in [0.25, 0.3) is 0 Å². The molecule has 1 atom stereocenters. The first-order valence-electron chi connectivity index (χ1n) is 43.1. The van der Waals surface area contributed by atoms with E-state index in [4.69, 9.17) is 14.2 Å². The summed E-state index contributed by atoms with van der Waals surface area (Å²) >= 11 is 0. The Labute approximate surface area is 648 Å². The number of rotatable bonds is 26. The van der Waals surface area contributed by atoms with Crippen LogP contribution in [0.5, 0.6) is 0 Å². The van der Waals surface area contributed by atoms with Crippen molar-refractivity contribution < 1.29 is 14.2 Å². The van der Waals surface area contributed by atoms with Crippen LogP contribution in [0.2, 0.25) is 0 Å². The summed E-state index contributed by atoms with van der Waals surface area (Å²) < 4.78 is 15.3. The zero-order valence-electron chi connectivity index (χ0n) is 76.0. The molecular formula is C90H192N10O3. The van der Waals surface area contributed by atoms with Crippen molar-refractivity contribution >= 4 is 0 Å². The first kappa shape index (κ1) is 102. The minimum atomic E-state index is 0. The highest BCUT2D eigenvalue weighted by molar-refractivity contribution is 4.94. The summed E-state index contributed by atoms with van der Waals surface area (Å²) in [6.45, 7) is 69.9. The quantitative estimate of drug-likeness (QED) is 0.0827. The van der Waals surface area contributed by atoms with E-state index in [0.29, 0.717) is 70.2 Å². The molecular weight excluding hydrogens is 1270 g/mol. The van der Waals surface area contributed by atoms with Crippen molar-refractivity contribution in [2.45, 2.75) is 418 Å². The maximum absolute atomic E-state index is 5.17. The summed E-state index contributed by atoms with van der Waals surface area (Å²) in [4.78, 5) is 24.4. The molecule has 13 nitrogen and oxygen atoms in total. The first-order chi connectivity index (χ1) is 47.3. The predicted octanol–water partition coefficient (Wildman–Crippen LogP) is 19.8. The maximum atomic E-state index is 5.17. The molecule has 7 saturated carbocycles. The third-order valence-electron chi connectivity index (χ3n) is 27.4. The van der Waals surface area contributed by atoms with Gasteiger partial charge in [-0.05, 0) is 355 Å². The molecule has 10 aliphatic rings. The first-order valence-corrected chi connectivity index (χ1v) is 43.1. The normalized spacial score (nSPS) is 21.2. The molecule has 3 saturated heterocycles. The Morgan fingerprint density at radius 3 is 0.854 bits per heavy atom. The average molecular weight is 1460 g/mol. The Balaban J connectivity index is 0.00000112.